The number of carbonyl (C=O) groups excluding carboxylic acids is 1. The van der Waals surface area contributed by atoms with Gasteiger partial charge in [0, 0.05) is 19.3 Å². The van der Waals surface area contributed by atoms with E-state index in [0.717, 1.165) is 12.1 Å². The van der Waals surface area contributed by atoms with Gasteiger partial charge >= 0.3 is 0 Å². The number of fused-ring (bicyclic) bond motifs is 1. The van der Waals surface area contributed by atoms with Crippen molar-refractivity contribution in [3.63, 3.8) is 0 Å². The third-order valence-corrected chi connectivity index (χ3v) is 4.66. The molecule has 1 aromatic carbocycles. The topological polar surface area (TPSA) is 63.4 Å². The molecule has 2 heterocycles. The van der Waals surface area contributed by atoms with E-state index in [1.165, 1.54) is 23.8 Å². The van der Waals surface area contributed by atoms with Crippen LogP contribution < -0.4 is 0 Å². The van der Waals surface area contributed by atoms with Crippen molar-refractivity contribution in [1.29, 1.82) is 0 Å². The van der Waals surface area contributed by atoms with Gasteiger partial charge in [0.25, 0.3) is 5.91 Å². The highest BCUT2D eigenvalue weighted by Crippen LogP contribution is 2.28. The zero-order valence-electron chi connectivity index (χ0n) is 13.4. The van der Waals surface area contributed by atoms with E-state index in [0.29, 0.717) is 23.7 Å². The normalized spacial score (nSPS) is 14.5. The van der Waals surface area contributed by atoms with Crippen molar-refractivity contribution in [2.75, 3.05) is 6.54 Å². The highest BCUT2D eigenvalue weighted by Gasteiger charge is 2.26. The van der Waals surface area contributed by atoms with Crippen LogP contribution in [0.4, 0.5) is 0 Å². The first kappa shape index (κ1) is 14.8. The molecule has 6 heteroatoms. The fraction of sp³-hybridized carbons (Fsp3) is 0.333. The minimum Gasteiger partial charge on any atom is -0.334 e. The summed E-state index contributed by atoms with van der Waals surface area (Å²) in [6, 6.07) is 13.7. The van der Waals surface area contributed by atoms with Crippen LogP contribution >= 0.6 is 0 Å². The number of tetrazole rings is 1. The Kier molecular flexibility index (Phi) is 3.94. The molecular weight excluding hydrogens is 302 g/mol. The Labute approximate surface area is 140 Å². The van der Waals surface area contributed by atoms with E-state index in [2.05, 4.69) is 27.7 Å². The van der Waals surface area contributed by atoms with Crippen LogP contribution in [-0.4, -0.2) is 37.4 Å². The lowest BCUT2D eigenvalue weighted by Gasteiger charge is -2.32. The molecule has 2 aromatic heterocycles. The largest absolute Gasteiger partial charge is 0.334 e. The second kappa shape index (κ2) is 6.39. The number of nitrogens with zero attached hydrogens (tertiary/aromatic N) is 5. The minimum absolute atomic E-state index is 0.00819. The summed E-state index contributed by atoms with van der Waals surface area (Å²) in [4.78, 5) is 15.1. The molecule has 0 aliphatic heterocycles. The lowest BCUT2D eigenvalue weighted by atomic mass is 9.85. The number of rotatable bonds is 5. The first-order valence-corrected chi connectivity index (χ1v) is 8.31. The summed E-state index contributed by atoms with van der Waals surface area (Å²) in [5.74, 6) is 0.597. The molecule has 3 aromatic rings. The lowest BCUT2D eigenvalue weighted by molar-refractivity contribution is 0.0681. The fourth-order valence-electron chi connectivity index (χ4n) is 3.11. The van der Waals surface area contributed by atoms with Gasteiger partial charge in [0.1, 0.15) is 0 Å². The van der Waals surface area contributed by atoms with E-state index in [-0.39, 0.29) is 5.91 Å². The second-order valence-electron chi connectivity index (χ2n) is 6.34. The average Bonchev–Trinajstić information content (AvgIpc) is 3.06. The number of benzene rings is 1. The zero-order valence-corrected chi connectivity index (χ0v) is 13.4. The maximum atomic E-state index is 13.2. The van der Waals surface area contributed by atoms with Gasteiger partial charge in [-0.3, -0.25) is 4.79 Å². The average molecular weight is 321 g/mol. The second-order valence-corrected chi connectivity index (χ2v) is 6.34. The number of amides is 1. The summed E-state index contributed by atoms with van der Waals surface area (Å²) >= 11 is 0. The molecule has 0 bridgehead atoms. The van der Waals surface area contributed by atoms with E-state index in [1.54, 1.807) is 18.3 Å². The molecule has 0 N–H and O–H groups in total. The van der Waals surface area contributed by atoms with Crippen LogP contribution in [0.25, 0.3) is 5.65 Å². The number of hydrogen-bond donors (Lipinski definition) is 0. The molecule has 24 heavy (non-hydrogen) atoms. The van der Waals surface area contributed by atoms with Gasteiger partial charge < -0.3 is 4.90 Å². The van der Waals surface area contributed by atoms with Crippen LogP contribution in [0.1, 0.15) is 35.2 Å². The van der Waals surface area contributed by atoms with Crippen LogP contribution in [0.3, 0.4) is 0 Å². The van der Waals surface area contributed by atoms with Gasteiger partial charge in [-0.05, 0) is 46.9 Å². The smallest absolute Gasteiger partial charge is 0.258 e. The van der Waals surface area contributed by atoms with Crippen molar-refractivity contribution in [3.8, 4) is 0 Å². The molecule has 1 aliphatic carbocycles. The molecule has 1 fully saturated rings. The molecule has 6 nitrogen and oxygen atoms in total. The van der Waals surface area contributed by atoms with Crippen LogP contribution in [-0.2, 0) is 6.54 Å². The van der Waals surface area contributed by atoms with Gasteiger partial charge in [-0.1, -0.05) is 36.8 Å². The summed E-state index contributed by atoms with van der Waals surface area (Å²) in [6.45, 7) is 1.40. The predicted octanol–water partition coefficient (Wildman–Crippen LogP) is 2.57. The first-order chi connectivity index (χ1) is 11.8. The molecule has 0 atom stereocenters. The van der Waals surface area contributed by atoms with Gasteiger partial charge in [-0.15, -0.1) is 5.10 Å². The van der Waals surface area contributed by atoms with Gasteiger partial charge in [-0.2, -0.15) is 4.52 Å². The Morgan fingerprint density at radius 1 is 1.17 bits per heavy atom. The molecule has 1 saturated carbocycles. The number of hydrogen-bond acceptors (Lipinski definition) is 4. The van der Waals surface area contributed by atoms with Crippen LogP contribution in [0, 0.1) is 5.92 Å². The Morgan fingerprint density at radius 3 is 2.75 bits per heavy atom. The molecule has 0 unspecified atom stereocenters. The molecule has 1 aliphatic rings. The van der Waals surface area contributed by atoms with Crippen molar-refractivity contribution >= 4 is 11.6 Å². The molecular formula is C18H19N5O. The number of aromatic nitrogens is 4. The van der Waals surface area contributed by atoms with Crippen molar-refractivity contribution in [1.82, 2.24) is 24.9 Å². The minimum atomic E-state index is -0.00819. The quantitative estimate of drug-likeness (QED) is 0.724. The van der Waals surface area contributed by atoms with E-state index in [4.69, 9.17) is 0 Å². The van der Waals surface area contributed by atoms with Crippen LogP contribution in [0.5, 0.6) is 0 Å². The Bertz CT molecular complexity index is 841. The SMILES string of the molecule is O=C(c1cccn2nnnc12)N(Cc1ccccc1)CC1CCC1. The van der Waals surface area contributed by atoms with Crippen molar-refractivity contribution in [2.45, 2.75) is 25.8 Å². The molecule has 0 saturated heterocycles. The highest BCUT2D eigenvalue weighted by atomic mass is 16.2. The van der Waals surface area contributed by atoms with Crippen LogP contribution in [0.15, 0.2) is 48.7 Å². The number of carbonyl (C=O) groups is 1. The maximum absolute atomic E-state index is 13.2. The summed E-state index contributed by atoms with van der Waals surface area (Å²) < 4.78 is 1.54. The Balaban J connectivity index is 1.64. The van der Waals surface area contributed by atoms with Crippen molar-refractivity contribution in [3.05, 3.63) is 59.8 Å². The number of pyridine rings is 1. The van der Waals surface area contributed by atoms with E-state index in [9.17, 15) is 4.79 Å². The van der Waals surface area contributed by atoms with E-state index < -0.39 is 0 Å². The van der Waals surface area contributed by atoms with Gasteiger partial charge in [-0.25, -0.2) is 0 Å². The third-order valence-electron chi connectivity index (χ3n) is 4.66. The van der Waals surface area contributed by atoms with Crippen molar-refractivity contribution < 1.29 is 4.79 Å². The lowest BCUT2D eigenvalue weighted by Crippen LogP contribution is -2.37. The maximum Gasteiger partial charge on any atom is 0.258 e. The van der Waals surface area contributed by atoms with E-state index in [1.807, 2.05) is 23.1 Å². The zero-order chi connectivity index (χ0) is 16.4. The Hall–Kier alpha value is -2.76. The summed E-state index contributed by atoms with van der Waals surface area (Å²) in [6.07, 6.45) is 5.42. The van der Waals surface area contributed by atoms with Gasteiger partial charge in [0.15, 0.2) is 5.65 Å². The van der Waals surface area contributed by atoms with E-state index >= 15 is 0 Å². The fourth-order valence-corrected chi connectivity index (χ4v) is 3.11. The molecule has 0 radical (unpaired) electrons. The molecule has 1 amide bonds. The monoisotopic (exact) mass is 321 g/mol. The Morgan fingerprint density at radius 2 is 2.00 bits per heavy atom. The summed E-state index contributed by atoms with van der Waals surface area (Å²) in [7, 11) is 0. The standard InChI is InChI=1S/C18H19N5O/c24-18(16-10-5-11-23-17(16)19-20-21-23)22(13-15-8-4-9-15)12-14-6-2-1-3-7-14/h1-3,5-7,10-11,15H,4,8-9,12-13H2. The van der Waals surface area contributed by atoms with Crippen LogP contribution in [0.2, 0.25) is 0 Å². The molecule has 4 rings (SSSR count). The van der Waals surface area contributed by atoms with Gasteiger partial charge in [0.2, 0.25) is 0 Å². The van der Waals surface area contributed by atoms with Gasteiger partial charge in [0.05, 0.1) is 5.56 Å². The van der Waals surface area contributed by atoms with Crippen molar-refractivity contribution in [2.24, 2.45) is 5.92 Å². The highest BCUT2D eigenvalue weighted by molar-refractivity contribution is 5.99. The summed E-state index contributed by atoms with van der Waals surface area (Å²) in [5, 5.41) is 11.5. The third kappa shape index (κ3) is 2.87. The predicted molar refractivity (Wildman–Crippen MR) is 89.3 cm³/mol. The molecule has 0 spiro atoms. The first-order valence-electron chi connectivity index (χ1n) is 8.31. The molecule has 122 valence electrons. The summed E-state index contributed by atoms with van der Waals surface area (Å²) in [5.41, 5.74) is 2.20.